The maximum absolute atomic E-state index is 13.2. The van der Waals surface area contributed by atoms with Crippen molar-refractivity contribution in [2.24, 2.45) is 5.73 Å². The molecule has 1 atom stereocenters. The Kier molecular flexibility index (Phi) is 8.30. The van der Waals surface area contributed by atoms with E-state index >= 15 is 0 Å². The van der Waals surface area contributed by atoms with Crippen LogP contribution in [0.5, 0.6) is 11.5 Å². The molecule has 1 aromatic heterocycles. The van der Waals surface area contributed by atoms with Gasteiger partial charge >= 0.3 is 0 Å². The Hall–Kier alpha value is -3.37. The summed E-state index contributed by atoms with van der Waals surface area (Å²) in [5, 5.41) is 4.83. The van der Waals surface area contributed by atoms with Gasteiger partial charge in [-0.25, -0.2) is 13.4 Å². The molecule has 34 heavy (non-hydrogen) atoms. The van der Waals surface area contributed by atoms with E-state index < -0.39 is 22.0 Å². The highest BCUT2D eigenvalue weighted by Gasteiger charge is 2.27. The quantitative estimate of drug-likeness (QED) is 0.377. The van der Waals surface area contributed by atoms with Gasteiger partial charge in [0.15, 0.2) is 11.5 Å². The Morgan fingerprint density at radius 2 is 1.88 bits per heavy atom. The summed E-state index contributed by atoms with van der Waals surface area (Å²) in [6.45, 7) is 5.92. The van der Waals surface area contributed by atoms with E-state index in [1.54, 1.807) is 24.4 Å². The first-order chi connectivity index (χ1) is 16.2. The molecule has 4 N–H and O–H groups in total. The zero-order valence-corrected chi connectivity index (χ0v) is 20.3. The molecule has 3 aromatic rings. The molecule has 2 aromatic carbocycles. The van der Waals surface area contributed by atoms with Gasteiger partial charge in [-0.3, -0.25) is 9.52 Å². The maximum Gasteiger partial charge on any atom is 0.260 e. The Balaban J connectivity index is 2.05. The van der Waals surface area contributed by atoms with Gasteiger partial charge in [-0.15, -0.1) is 0 Å². The minimum atomic E-state index is -3.90. The molecule has 0 saturated heterocycles. The van der Waals surface area contributed by atoms with Crippen LogP contribution in [0, 0.1) is 0 Å². The third-order valence-electron chi connectivity index (χ3n) is 4.82. The lowest BCUT2D eigenvalue weighted by molar-refractivity contribution is -0.120. The van der Waals surface area contributed by atoms with Crippen LogP contribution in [0.25, 0.3) is 10.8 Å². The molecule has 182 valence electrons. The summed E-state index contributed by atoms with van der Waals surface area (Å²) in [5.41, 5.74) is 5.87. The molecule has 1 unspecified atom stereocenters. The van der Waals surface area contributed by atoms with Gasteiger partial charge in [0.05, 0.1) is 18.5 Å². The summed E-state index contributed by atoms with van der Waals surface area (Å²) in [5.74, 6) is 0.282. The standard InChI is InChI=1S/C24H30N4O5S/c1-4-32-21-15-18(9-10-20(21)33-16(2)3)22(24(29)28-34(30,31)14-12-25)27-23-19-8-6-5-7-17(19)11-13-26-23/h5-11,13,15-16,22H,4,12,14,25H2,1-3H3,(H,26,27)(H,28,29). The molecule has 0 bridgehead atoms. The number of carbonyl (C=O) groups is 1. The first-order valence-corrected chi connectivity index (χ1v) is 12.7. The molecule has 0 spiro atoms. The molecule has 0 aliphatic carbocycles. The van der Waals surface area contributed by atoms with E-state index in [0.717, 1.165) is 10.8 Å². The monoisotopic (exact) mass is 486 g/mol. The topological polar surface area (TPSA) is 133 Å². The molecular weight excluding hydrogens is 456 g/mol. The number of sulfonamides is 1. The van der Waals surface area contributed by atoms with E-state index in [0.29, 0.717) is 29.5 Å². The predicted octanol–water partition coefficient (Wildman–Crippen LogP) is 2.98. The second kappa shape index (κ2) is 11.2. The fourth-order valence-electron chi connectivity index (χ4n) is 3.41. The Bertz CT molecular complexity index is 1240. The third kappa shape index (κ3) is 6.36. The second-order valence-electron chi connectivity index (χ2n) is 7.84. The van der Waals surface area contributed by atoms with Crippen LogP contribution in [0.1, 0.15) is 32.4 Å². The predicted molar refractivity (Wildman–Crippen MR) is 132 cm³/mol. The van der Waals surface area contributed by atoms with Crippen LogP contribution in [0.4, 0.5) is 5.82 Å². The fraction of sp³-hybridized carbons (Fsp3) is 0.333. The van der Waals surface area contributed by atoms with E-state index in [4.69, 9.17) is 15.2 Å². The number of amides is 1. The summed E-state index contributed by atoms with van der Waals surface area (Å²) < 4.78 is 38.2. The van der Waals surface area contributed by atoms with Crippen LogP contribution in [-0.2, 0) is 14.8 Å². The number of hydrogen-bond acceptors (Lipinski definition) is 8. The summed E-state index contributed by atoms with van der Waals surface area (Å²) in [7, 11) is -3.90. The van der Waals surface area contributed by atoms with Gasteiger partial charge in [0, 0.05) is 18.1 Å². The molecule has 0 fully saturated rings. The van der Waals surface area contributed by atoms with E-state index in [1.807, 2.05) is 51.1 Å². The number of benzene rings is 2. The number of fused-ring (bicyclic) bond motifs is 1. The zero-order chi connectivity index (χ0) is 24.7. The second-order valence-corrected chi connectivity index (χ2v) is 9.68. The van der Waals surface area contributed by atoms with Gasteiger partial charge in [0.25, 0.3) is 5.91 Å². The molecule has 0 radical (unpaired) electrons. The van der Waals surface area contributed by atoms with Gasteiger partial charge in [0.2, 0.25) is 10.0 Å². The van der Waals surface area contributed by atoms with Crippen molar-refractivity contribution in [3.8, 4) is 11.5 Å². The molecule has 10 heteroatoms. The minimum Gasteiger partial charge on any atom is -0.490 e. The molecule has 1 heterocycles. The normalized spacial score (nSPS) is 12.4. The average molecular weight is 487 g/mol. The van der Waals surface area contributed by atoms with Gasteiger partial charge in [-0.05, 0) is 49.9 Å². The lowest BCUT2D eigenvalue weighted by Crippen LogP contribution is -2.40. The van der Waals surface area contributed by atoms with Crippen LogP contribution in [0.15, 0.2) is 54.7 Å². The first-order valence-electron chi connectivity index (χ1n) is 11.0. The molecule has 0 saturated carbocycles. The van der Waals surface area contributed by atoms with Crippen LogP contribution in [0.3, 0.4) is 0 Å². The lowest BCUT2D eigenvalue weighted by Gasteiger charge is -2.22. The zero-order valence-electron chi connectivity index (χ0n) is 19.4. The molecular formula is C24H30N4O5S. The van der Waals surface area contributed by atoms with Crippen LogP contribution in [-0.4, -0.2) is 44.3 Å². The number of anilines is 1. The highest BCUT2D eigenvalue weighted by Crippen LogP contribution is 2.33. The summed E-state index contributed by atoms with van der Waals surface area (Å²) in [6, 6.07) is 13.4. The fourth-order valence-corrected chi connectivity index (χ4v) is 4.25. The summed E-state index contributed by atoms with van der Waals surface area (Å²) in [4.78, 5) is 17.6. The number of pyridine rings is 1. The molecule has 9 nitrogen and oxygen atoms in total. The molecule has 0 aliphatic rings. The molecule has 1 amide bonds. The third-order valence-corrected chi connectivity index (χ3v) is 6.11. The van der Waals surface area contributed by atoms with Gasteiger partial charge in [-0.2, -0.15) is 0 Å². The van der Waals surface area contributed by atoms with E-state index in [2.05, 4.69) is 15.0 Å². The smallest absolute Gasteiger partial charge is 0.260 e. The van der Waals surface area contributed by atoms with Crippen LogP contribution < -0.4 is 25.2 Å². The highest BCUT2D eigenvalue weighted by molar-refractivity contribution is 7.90. The van der Waals surface area contributed by atoms with E-state index in [1.165, 1.54) is 0 Å². The van der Waals surface area contributed by atoms with Crippen molar-refractivity contribution in [2.75, 3.05) is 24.2 Å². The summed E-state index contributed by atoms with van der Waals surface area (Å²) in [6.07, 6.45) is 1.54. The first kappa shape index (κ1) is 25.3. The van der Waals surface area contributed by atoms with Gasteiger partial charge in [0.1, 0.15) is 11.9 Å². The Morgan fingerprint density at radius 1 is 1.12 bits per heavy atom. The number of carbonyl (C=O) groups excluding carboxylic acids is 1. The van der Waals surface area contributed by atoms with Crippen molar-refractivity contribution in [1.82, 2.24) is 9.71 Å². The van der Waals surface area contributed by atoms with Gasteiger partial charge in [-0.1, -0.05) is 30.3 Å². The average Bonchev–Trinajstić information content (AvgIpc) is 2.78. The number of aromatic nitrogens is 1. The number of hydrogen-bond donors (Lipinski definition) is 3. The number of nitrogens with one attached hydrogen (secondary N) is 2. The number of nitrogens with zero attached hydrogens (tertiary/aromatic N) is 1. The van der Waals surface area contributed by atoms with Crippen LogP contribution >= 0.6 is 0 Å². The minimum absolute atomic E-state index is 0.0800. The van der Waals surface area contributed by atoms with Crippen molar-refractivity contribution in [3.05, 3.63) is 60.3 Å². The Morgan fingerprint density at radius 3 is 2.59 bits per heavy atom. The molecule has 0 aliphatic heterocycles. The summed E-state index contributed by atoms with van der Waals surface area (Å²) >= 11 is 0. The number of rotatable bonds is 11. The van der Waals surface area contributed by atoms with Crippen molar-refractivity contribution >= 4 is 32.5 Å². The maximum atomic E-state index is 13.2. The number of ether oxygens (including phenoxy) is 2. The van der Waals surface area contributed by atoms with Crippen molar-refractivity contribution in [2.45, 2.75) is 32.9 Å². The highest BCUT2D eigenvalue weighted by atomic mass is 32.2. The van der Waals surface area contributed by atoms with Crippen LogP contribution in [0.2, 0.25) is 0 Å². The largest absolute Gasteiger partial charge is 0.490 e. The number of nitrogens with two attached hydrogens (primary N) is 1. The molecule has 3 rings (SSSR count). The SMILES string of the molecule is CCOc1cc(C(Nc2nccc3ccccc23)C(=O)NS(=O)(=O)CCN)ccc1OC(C)C. The van der Waals surface area contributed by atoms with Crippen molar-refractivity contribution in [3.63, 3.8) is 0 Å². The Labute approximate surface area is 199 Å². The van der Waals surface area contributed by atoms with E-state index in [9.17, 15) is 13.2 Å². The van der Waals surface area contributed by atoms with Gasteiger partial charge < -0.3 is 20.5 Å². The lowest BCUT2D eigenvalue weighted by atomic mass is 10.0. The van der Waals surface area contributed by atoms with Crippen molar-refractivity contribution < 1.29 is 22.7 Å². The van der Waals surface area contributed by atoms with Crippen molar-refractivity contribution in [1.29, 1.82) is 0 Å². The van der Waals surface area contributed by atoms with E-state index in [-0.39, 0.29) is 18.4 Å².